The first-order valence-corrected chi connectivity index (χ1v) is 15.7. The molecule has 2 aromatic heterocycles. The summed E-state index contributed by atoms with van der Waals surface area (Å²) in [6.07, 6.45) is 0. The lowest BCUT2D eigenvalue weighted by molar-refractivity contribution is 0.405. The smallest absolute Gasteiger partial charge is 0.182 e. The van der Waals surface area contributed by atoms with Crippen molar-refractivity contribution >= 4 is 83.5 Å². The van der Waals surface area contributed by atoms with E-state index in [2.05, 4.69) is 32.9 Å². The van der Waals surface area contributed by atoms with Crippen LogP contribution in [0, 0.1) is 13.8 Å². The summed E-state index contributed by atoms with van der Waals surface area (Å²) < 4.78 is 3.54. The Morgan fingerprint density at radius 2 is 1.08 bits per heavy atom. The van der Waals surface area contributed by atoms with Gasteiger partial charge in [-0.1, -0.05) is 32.9 Å². The molecule has 5 aromatic carbocycles. The largest absolute Gasteiger partial charge is 0.508 e. The summed E-state index contributed by atoms with van der Waals surface area (Å²) in [4.78, 5) is 0. The predicted octanol–water partition coefficient (Wildman–Crippen LogP) is 2.51. The predicted molar refractivity (Wildman–Crippen MR) is 199 cm³/mol. The van der Waals surface area contributed by atoms with Gasteiger partial charge in [-0.15, -0.1) is 0 Å². The Kier molecular flexibility index (Phi) is 6.48. The average molecular weight is 640 g/mol. The first-order valence-electron chi connectivity index (χ1n) is 15.7. The minimum absolute atomic E-state index is 0.0223. The first-order chi connectivity index (χ1) is 22.5. The van der Waals surface area contributed by atoms with Crippen LogP contribution in [0.15, 0.2) is 42.5 Å². The topological polar surface area (TPSA) is 151 Å². The second kappa shape index (κ2) is 10.00. The zero-order valence-corrected chi connectivity index (χ0v) is 28.1. The van der Waals surface area contributed by atoms with Gasteiger partial charge in [0.05, 0.1) is 21.8 Å². The molecule has 12 heteroatoms. The van der Waals surface area contributed by atoms with Gasteiger partial charge in [0.15, 0.2) is 34.5 Å². The van der Waals surface area contributed by atoms with Crippen molar-refractivity contribution in [2.24, 2.45) is 0 Å². The quantitative estimate of drug-likeness (QED) is 0.0872. The Hall–Kier alpha value is -5.51. The van der Waals surface area contributed by atoms with Gasteiger partial charge in [-0.05, 0) is 82.7 Å². The molecule has 0 saturated carbocycles. The molecule has 0 fully saturated rings. The van der Waals surface area contributed by atoms with Gasteiger partial charge >= 0.3 is 0 Å². The Balaban J connectivity index is 1.70. The summed E-state index contributed by atoms with van der Waals surface area (Å²) in [5, 5.41) is 80.1. The lowest BCUT2D eigenvalue weighted by Crippen LogP contribution is -2.12. The van der Waals surface area contributed by atoms with E-state index in [4.69, 9.17) is 0 Å². The molecule has 0 atom stereocenters. The highest BCUT2D eigenvalue weighted by molar-refractivity contribution is 6.42. The van der Waals surface area contributed by atoms with Crippen LogP contribution >= 0.6 is 0 Å². The Morgan fingerprint density at radius 1 is 0.521 bits per heavy atom. The molecule has 0 bridgehead atoms. The van der Waals surface area contributed by atoms with Gasteiger partial charge in [-0.2, -0.15) is 0 Å². The van der Waals surface area contributed by atoms with Crippen molar-refractivity contribution in [1.29, 1.82) is 0 Å². The van der Waals surface area contributed by atoms with Gasteiger partial charge in [0, 0.05) is 22.1 Å². The SMILES string of the molecule is Bc1c(O)c(O)c2c(c1C)c1c(O)c(B)c(O)c(O)c1n2-c1ccc2c(c1)c1c(O)c(O)c(B)c(C)c1n2-c1cccc(C(C)(C)C)c1. The maximum Gasteiger partial charge on any atom is 0.182 e. The number of aromatic nitrogens is 2. The lowest BCUT2D eigenvalue weighted by atomic mass is 9.85. The van der Waals surface area contributed by atoms with E-state index in [1.807, 2.05) is 29.7 Å². The van der Waals surface area contributed by atoms with E-state index in [-0.39, 0.29) is 50.3 Å². The second-order valence-corrected chi connectivity index (χ2v) is 13.9. The average Bonchev–Trinajstić information content (AvgIpc) is 3.60. The highest BCUT2D eigenvalue weighted by Crippen LogP contribution is 2.50. The van der Waals surface area contributed by atoms with Gasteiger partial charge in [0.25, 0.3) is 0 Å². The molecule has 0 amide bonds. The van der Waals surface area contributed by atoms with E-state index in [9.17, 15) is 35.7 Å². The number of nitrogens with zero attached hydrogens (tertiary/aromatic N) is 2. The minimum atomic E-state index is -0.521. The minimum Gasteiger partial charge on any atom is -0.508 e. The standard InChI is InChI=1S/C36H35B3N2O7/c1-13-20-22-28(35(48)33(46)25(39)29(22)42)41(27(20)34(47)32(45)23(13)37)17-9-10-19-18(12-17)21-26(14(2)24(38)31(44)30(21)43)40(19)16-8-6-7-15(11-16)36(3,4)5/h6-12,42-48H,37-39H2,1-5H3. The molecule has 0 unspecified atom stereocenters. The van der Waals surface area contributed by atoms with E-state index < -0.39 is 17.2 Å². The molecule has 0 aliphatic carbocycles. The highest BCUT2D eigenvalue weighted by atomic mass is 16.3. The van der Waals surface area contributed by atoms with Crippen molar-refractivity contribution in [1.82, 2.24) is 9.13 Å². The summed E-state index contributed by atoms with van der Waals surface area (Å²) in [5.74, 6) is -2.65. The van der Waals surface area contributed by atoms with Crippen LogP contribution in [0.1, 0.15) is 37.5 Å². The molecule has 0 saturated heterocycles. The number of benzene rings is 5. The molecule has 9 nitrogen and oxygen atoms in total. The van der Waals surface area contributed by atoms with E-state index >= 15 is 0 Å². The van der Waals surface area contributed by atoms with Crippen LogP contribution in [-0.2, 0) is 5.41 Å². The van der Waals surface area contributed by atoms with Gasteiger partial charge < -0.3 is 44.9 Å². The summed E-state index contributed by atoms with van der Waals surface area (Å²) in [6, 6.07) is 13.5. The molecule has 7 aromatic rings. The van der Waals surface area contributed by atoms with Gasteiger partial charge in [-0.3, -0.25) is 0 Å². The summed E-state index contributed by atoms with van der Waals surface area (Å²) in [5.41, 5.74) is 6.10. The molecule has 0 radical (unpaired) electrons. The lowest BCUT2D eigenvalue weighted by Gasteiger charge is -2.21. The number of phenols is 7. The maximum absolute atomic E-state index is 11.5. The number of hydrogen-bond acceptors (Lipinski definition) is 7. The van der Waals surface area contributed by atoms with Crippen molar-refractivity contribution in [3.63, 3.8) is 0 Å². The number of rotatable bonds is 2. The number of aromatic hydroxyl groups is 7. The van der Waals surface area contributed by atoms with Crippen molar-refractivity contribution < 1.29 is 35.7 Å². The summed E-state index contributed by atoms with van der Waals surface area (Å²) in [7, 11) is 4.88. The molecule has 7 N–H and O–H groups in total. The van der Waals surface area contributed by atoms with Crippen molar-refractivity contribution in [3.8, 4) is 51.6 Å². The molecule has 0 aliphatic heterocycles. The molecular formula is C36H35B3N2O7. The number of hydrogen-bond donors (Lipinski definition) is 7. The summed E-state index contributed by atoms with van der Waals surface area (Å²) >= 11 is 0. The number of fused-ring (bicyclic) bond motifs is 6. The van der Waals surface area contributed by atoms with E-state index in [0.29, 0.717) is 49.4 Å². The van der Waals surface area contributed by atoms with E-state index in [0.717, 1.165) is 16.8 Å². The third kappa shape index (κ3) is 3.89. The fraction of sp³-hybridized carbons (Fsp3) is 0.167. The second-order valence-electron chi connectivity index (χ2n) is 13.9. The molecule has 240 valence electrons. The van der Waals surface area contributed by atoms with Crippen LogP contribution in [0.4, 0.5) is 0 Å². The highest BCUT2D eigenvalue weighted by Gasteiger charge is 2.30. The fourth-order valence-electron chi connectivity index (χ4n) is 7.16. The Labute approximate surface area is 278 Å². The van der Waals surface area contributed by atoms with Crippen LogP contribution in [-0.4, -0.2) is 68.4 Å². The third-order valence-electron chi connectivity index (χ3n) is 10.2. The molecule has 48 heavy (non-hydrogen) atoms. The van der Waals surface area contributed by atoms with Crippen molar-refractivity contribution in [2.75, 3.05) is 0 Å². The molecule has 2 heterocycles. The first kappa shape index (κ1) is 31.1. The van der Waals surface area contributed by atoms with E-state index in [1.54, 1.807) is 34.7 Å². The molecule has 7 rings (SSSR count). The molecule has 0 aliphatic rings. The van der Waals surface area contributed by atoms with Crippen molar-refractivity contribution in [2.45, 2.75) is 40.0 Å². The van der Waals surface area contributed by atoms with Crippen LogP contribution in [0.3, 0.4) is 0 Å². The third-order valence-corrected chi connectivity index (χ3v) is 10.2. The normalized spacial score (nSPS) is 12.3. The molecule has 0 spiro atoms. The van der Waals surface area contributed by atoms with Crippen LogP contribution in [0.5, 0.6) is 40.2 Å². The van der Waals surface area contributed by atoms with Gasteiger partial charge in [-0.25, -0.2) is 0 Å². The van der Waals surface area contributed by atoms with Crippen LogP contribution in [0.2, 0.25) is 0 Å². The number of phenolic OH excluding ortho intramolecular Hbond substituents is 7. The zero-order valence-electron chi connectivity index (χ0n) is 28.1. The van der Waals surface area contributed by atoms with Crippen LogP contribution < -0.4 is 16.4 Å². The number of aryl methyl sites for hydroxylation is 2. The van der Waals surface area contributed by atoms with E-state index in [1.165, 1.54) is 12.4 Å². The monoisotopic (exact) mass is 640 g/mol. The van der Waals surface area contributed by atoms with Crippen molar-refractivity contribution in [3.05, 3.63) is 59.2 Å². The maximum atomic E-state index is 11.5. The van der Waals surface area contributed by atoms with Gasteiger partial charge in [0.2, 0.25) is 0 Å². The summed E-state index contributed by atoms with van der Waals surface area (Å²) in [6.45, 7) is 10.0. The zero-order chi connectivity index (χ0) is 34.9. The van der Waals surface area contributed by atoms with Crippen LogP contribution in [0.25, 0.3) is 55.0 Å². The fourth-order valence-corrected chi connectivity index (χ4v) is 7.16. The molecular weight excluding hydrogens is 605 g/mol. The Morgan fingerprint density at radius 3 is 1.73 bits per heavy atom. The Bertz CT molecular complexity index is 2500. The van der Waals surface area contributed by atoms with Gasteiger partial charge in [0.1, 0.15) is 40.3 Å².